The minimum absolute atomic E-state index is 0.166. The SMILES string of the molecule is COc1cc(CC(=O)O)c(Cl)cc1OC(C)=O. The molecule has 0 fully saturated rings. The number of hydrogen-bond acceptors (Lipinski definition) is 4. The number of carboxylic acid groups (broad SMARTS) is 1. The zero-order valence-electron chi connectivity index (χ0n) is 9.32. The lowest BCUT2D eigenvalue weighted by atomic mass is 10.1. The number of carbonyl (C=O) groups excluding carboxylic acids is 1. The molecule has 6 heteroatoms. The van der Waals surface area contributed by atoms with Gasteiger partial charge in [-0.05, 0) is 11.6 Å². The molecular formula is C11H11ClO5. The van der Waals surface area contributed by atoms with Crippen LogP contribution < -0.4 is 9.47 Å². The van der Waals surface area contributed by atoms with Crippen molar-refractivity contribution in [1.29, 1.82) is 0 Å². The fourth-order valence-electron chi connectivity index (χ4n) is 1.27. The maximum absolute atomic E-state index is 10.8. The molecule has 0 aliphatic carbocycles. The van der Waals surface area contributed by atoms with Gasteiger partial charge in [0.25, 0.3) is 0 Å². The maximum Gasteiger partial charge on any atom is 0.308 e. The van der Waals surface area contributed by atoms with Gasteiger partial charge in [-0.1, -0.05) is 11.6 Å². The zero-order valence-corrected chi connectivity index (χ0v) is 10.1. The summed E-state index contributed by atoms with van der Waals surface area (Å²) < 4.78 is 9.88. The maximum atomic E-state index is 10.8. The van der Waals surface area contributed by atoms with Crippen molar-refractivity contribution in [3.05, 3.63) is 22.7 Å². The summed E-state index contributed by atoms with van der Waals surface area (Å²) in [6.07, 6.45) is -0.227. The van der Waals surface area contributed by atoms with E-state index in [9.17, 15) is 9.59 Å². The Hall–Kier alpha value is -1.75. The number of ether oxygens (including phenoxy) is 2. The van der Waals surface area contributed by atoms with Crippen molar-refractivity contribution < 1.29 is 24.2 Å². The van der Waals surface area contributed by atoms with Crippen molar-refractivity contribution >= 4 is 23.5 Å². The van der Waals surface area contributed by atoms with Crippen molar-refractivity contribution in [3.8, 4) is 11.5 Å². The molecule has 1 rings (SSSR count). The van der Waals surface area contributed by atoms with Gasteiger partial charge >= 0.3 is 11.9 Å². The summed E-state index contributed by atoms with van der Waals surface area (Å²) >= 11 is 5.88. The minimum Gasteiger partial charge on any atom is -0.493 e. The second kappa shape index (κ2) is 5.54. The lowest BCUT2D eigenvalue weighted by molar-refractivity contribution is -0.136. The van der Waals surface area contributed by atoms with Gasteiger partial charge in [-0.15, -0.1) is 0 Å². The molecule has 0 radical (unpaired) electrons. The van der Waals surface area contributed by atoms with Crippen molar-refractivity contribution in [1.82, 2.24) is 0 Å². The molecule has 0 aliphatic heterocycles. The molecule has 0 atom stereocenters. The fourth-order valence-corrected chi connectivity index (χ4v) is 1.49. The Kier molecular flexibility index (Phi) is 4.34. The summed E-state index contributed by atoms with van der Waals surface area (Å²) in [4.78, 5) is 21.4. The van der Waals surface area contributed by atoms with Crippen molar-refractivity contribution in [2.75, 3.05) is 7.11 Å². The zero-order chi connectivity index (χ0) is 13.0. The molecule has 0 heterocycles. The summed E-state index contributed by atoms with van der Waals surface area (Å²) in [7, 11) is 1.39. The lowest BCUT2D eigenvalue weighted by Gasteiger charge is -2.10. The van der Waals surface area contributed by atoms with Crippen molar-refractivity contribution in [2.24, 2.45) is 0 Å². The second-order valence-corrected chi connectivity index (χ2v) is 3.67. The van der Waals surface area contributed by atoms with E-state index in [4.69, 9.17) is 26.2 Å². The number of carboxylic acids is 1. The van der Waals surface area contributed by atoms with Gasteiger partial charge in [0.15, 0.2) is 11.5 Å². The summed E-state index contributed by atoms with van der Waals surface area (Å²) in [5, 5.41) is 8.90. The third-order valence-electron chi connectivity index (χ3n) is 1.93. The van der Waals surface area contributed by atoms with Crippen molar-refractivity contribution in [3.63, 3.8) is 0 Å². The van der Waals surface area contributed by atoms with Gasteiger partial charge in [0, 0.05) is 18.0 Å². The Bertz CT molecular complexity index is 455. The number of aliphatic carboxylic acids is 1. The molecule has 0 unspecified atom stereocenters. The van der Waals surface area contributed by atoms with E-state index in [0.29, 0.717) is 5.56 Å². The molecule has 5 nitrogen and oxygen atoms in total. The highest BCUT2D eigenvalue weighted by Gasteiger charge is 2.14. The van der Waals surface area contributed by atoms with E-state index in [-0.39, 0.29) is 22.9 Å². The molecular weight excluding hydrogens is 248 g/mol. The first-order chi connectivity index (χ1) is 7.93. The van der Waals surface area contributed by atoms with E-state index < -0.39 is 11.9 Å². The summed E-state index contributed by atoms with van der Waals surface area (Å²) in [6.45, 7) is 1.25. The predicted octanol–water partition coefficient (Wildman–Crippen LogP) is 1.90. The van der Waals surface area contributed by atoms with Gasteiger partial charge in [-0.25, -0.2) is 0 Å². The summed E-state index contributed by atoms with van der Waals surface area (Å²) in [5.74, 6) is -1.08. The van der Waals surface area contributed by atoms with Gasteiger partial charge in [0.1, 0.15) is 0 Å². The van der Waals surface area contributed by atoms with Crippen LogP contribution in [0.25, 0.3) is 0 Å². The number of hydrogen-bond donors (Lipinski definition) is 1. The van der Waals surface area contributed by atoms with Gasteiger partial charge < -0.3 is 14.6 Å². The molecule has 17 heavy (non-hydrogen) atoms. The van der Waals surface area contributed by atoms with Crippen LogP contribution in [-0.2, 0) is 16.0 Å². The molecule has 1 aromatic rings. The molecule has 1 N–H and O–H groups in total. The average Bonchev–Trinajstić information content (AvgIpc) is 2.20. The number of esters is 1. The topological polar surface area (TPSA) is 72.8 Å². The molecule has 0 saturated heterocycles. The Morgan fingerprint density at radius 2 is 2.00 bits per heavy atom. The molecule has 0 saturated carbocycles. The van der Waals surface area contributed by atoms with Crippen LogP contribution in [0.3, 0.4) is 0 Å². The smallest absolute Gasteiger partial charge is 0.308 e. The Labute approximate surface area is 103 Å². The normalized spacial score (nSPS) is 9.82. The van der Waals surface area contributed by atoms with Crippen LogP contribution in [-0.4, -0.2) is 24.2 Å². The lowest BCUT2D eigenvalue weighted by Crippen LogP contribution is -2.05. The Morgan fingerprint density at radius 1 is 1.35 bits per heavy atom. The van der Waals surface area contributed by atoms with E-state index in [0.717, 1.165) is 0 Å². The number of methoxy groups -OCH3 is 1. The first kappa shape index (κ1) is 13.3. The van der Waals surface area contributed by atoms with Crippen LogP contribution in [0.4, 0.5) is 0 Å². The predicted molar refractivity (Wildman–Crippen MR) is 60.7 cm³/mol. The molecule has 0 amide bonds. The summed E-state index contributed by atoms with van der Waals surface area (Å²) in [6, 6.07) is 2.80. The average molecular weight is 259 g/mol. The van der Waals surface area contributed by atoms with Gasteiger partial charge in [0.05, 0.1) is 13.5 Å². The highest BCUT2D eigenvalue weighted by atomic mass is 35.5. The van der Waals surface area contributed by atoms with Crippen molar-refractivity contribution in [2.45, 2.75) is 13.3 Å². The highest BCUT2D eigenvalue weighted by Crippen LogP contribution is 2.33. The molecule has 0 spiro atoms. The van der Waals surface area contributed by atoms with E-state index in [2.05, 4.69) is 0 Å². The fraction of sp³-hybridized carbons (Fsp3) is 0.273. The highest BCUT2D eigenvalue weighted by molar-refractivity contribution is 6.31. The largest absolute Gasteiger partial charge is 0.493 e. The molecule has 1 aromatic carbocycles. The van der Waals surface area contributed by atoms with Crippen LogP contribution in [0.2, 0.25) is 5.02 Å². The minimum atomic E-state index is -1.01. The second-order valence-electron chi connectivity index (χ2n) is 3.26. The van der Waals surface area contributed by atoms with E-state index in [1.807, 2.05) is 0 Å². The van der Waals surface area contributed by atoms with Crippen LogP contribution >= 0.6 is 11.6 Å². The Morgan fingerprint density at radius 3 is 2.47 bits per heavy atom. The number of rotatable bonds is 4. The quantitative estimate of drug-likeness (QED) is 0.660. The van der Waals surface area contributed by atoms with Crippen LogP contribution in [0.1, 0.15) is 12.5 Å². The van der Waals surface area contributed by atoms with E-state index >= 15 is 0 Å². The van der Waals surface area contributed by atoms with Crippen LogP contribution in [0.15, 0.2) is 12.1 Å². The summed E-state index contributed by atoms with van der Waals surface area (Å²) in [5.41, 5.74) is 0.395. The molecule has 0 aromatic heterocycles. The third-order valence-corrected chi connectivity index (χ3v) is 2.28. The molecule has 0 aliphatic rings. The standard InChI is InChI=1S/C11H11ClO5/c1-6(13)17-10-5-8(12)7(4-11(14)15)3-9(10)16-2/h3,5H,4H2,1-2H3,(H,14,15). The van der Waals surface area contributed by atoms with Crippen LogP contribution in [0.5, 0.6) is 11.5 Å². The third kappa shape index (κ3) is 3.64. The van der Waals surface area contributed by atoms with E-state index in [1.165, 1.54) is 26.2 Å². The van der Waals surface area contributed by atoms with Crippen LogP contribution in [0, 0.1) is 0 Å². The monoisotopic (exact) mass is 258 g/mol. The number of halogens is 1. The number of benzene rings is 1. The number of carbonyl (C=O) groups is 2. The molecule has 92 valence electrons. The first-order valence-corrected chi connectivity index (χ1v) is 5.08. The van der Waals surface area contributed by atoms with Gasteiger partial charge in [-0.2, -0.15) is 0 Å². The first-order valence-electron chi connectivity index (χ1n) is 4.70. The van der Waals surface area contributed by atoms with Gasteiger partial charge in [0.2, 0.25) is 0 Å². The van der Waals surface area contributed by atoms with E-state index in [1.54, 1.807) is 0 Å². The molecule has 0 bridgehead atoms. The van der Waals surface area contributed by atoms with Gasteiger partial charge in [-0.3, -0.25) is 9.59 Å². The Balaban J connectivity index is 3.14.